The summed E-state index contributed by atoms with van der Waals surface area (Å²) in [5.41, 5.74) is 2.93. The standard InChI is InChI=1S/C34H33N7O2/c42-32(39-23-29(24-39)41-16-15-36-37-41)19-28-22-38(34(43)31-21-35-20-27-13-7-8-14-30(27)31)17-18-40(28)33(25-9-3-1-4-10-25)26-11-5-2-6-12-26/h1-16,20-21,28-29,33H,17-19,22-24H2/t28-/m1/s1. The molecule has 2 aliphatic rings. The number of amides is 2. The highest BCUT2D eigenvalue weighted by atomic mass is 16.2. The fourth-order valence-electron chi connectivity index (χ4n) is 6.45. The van der Waals surface area contributed by atoms with Gasteiger partial charge in [0, 0.05) is 69.2 Å². The van der Waals surface area contributed by atoms with Crippen molar-refractivity contribution >= 4 is 22.6 Å². The van der Waals surface area contributed by atoms with E-state index in [0.29, 0.717) is 44.7 Å². The summed E-state index contributed by atoms with van der Waals surface area (Å²) in [4.78, 5) is 38.3. The lowest BCUT2D eigenvalue weighted by molar-refractivity contribution is -0.139. The molecule has 0 bridgehead atoms. The monoisotopic (exact) mass is 571 g/mol. The van der Waals surface area contributed by atoms with E-state index in [1.165, 1.54) is 11.1 Å². The molecule has 0 N–H and O–H groups in total. The Morgan fingerprint density at radius 2 is 1.49 bits per heavy atom. The molecule has 2 aliphatic heterocycles. The first-order valence-electron chi connectivity index (χ1n) is 14.8. The highest BCUT2D eigenvalue weighted by Crippen LogP contribution is 2.34. The minimum Gasteiger partial charge on any atom is -0.338 e. The predicted molar refractivity (Wildman–Crippen MR) is 163 cm³/mol. The third kappa shape index (κ3) is 5.39. The lowest BCUT2D eigenvalue weighted by Crippen LogP contribution is -2.58. The number of carbonyl (C=O) groups excluding carboxylic acids is 2. The quantitative estimate of drug-likeness (QED) is 0.291. The van der Waals surface area contributed by atoms with E-state index in [0.717, 1.165) is 10.8 Å². The van der Waals surface area contributed by atoms with E-state index in [4.69, 9.17) is 0 Å². The van der Waals surface area contributed by atoms with E-state index < -0.39 is 0 Å². The van der Waals surface area contributed by atoms with Gasteiger partial charge in [0.2, 0.25) is 5.91 Å². The van der Waals surface area contributed by atoms with Crippen LogP contribution in [0.3, 0.4) is 0 Å². The highest BCUT2D eigenvalue weighted by molar-refractivity contribution is 6.06. The fourth-order valence-corrected chi connectivity index (χ4v) is 6.45. The molecule has 4 heterocycles. The zero-order valence-electron chi connectivity index (χ0n) is 23.8. The van der Waals surface area contributed by atoms with Crippen molar-refractivity contribution in [3.63, 3.8) is 0 Å². The molecule has 2 saturated heterocycles. The number of piperazine rings is 1. The molecule has 5 aromatic rings. The summed E-state index contributed by atoms with van der Waals surface area (Å²) in [6.07, 6.45) is 7.27. The van der Waals surface area contributed by atoms with Gasteiger partial charge in [-0.15, -0.1) is 5.10 Å². The Hall–Kier alpha value is -4.89. The number of benzene rings is 3. The van der Waals surface area contributed by atoms with Gasteiger partial charge in [0.05, 0.1) is 23.8 Å². The van der Waals surface area contributed by atoms with Crippen LogP contribution in [0, 0.1) is 0 Å². The molecule has 1 atom stereocenters. The molecule has 0 spiro atoms. The van der Waals surface area contributed by atoms with E-state index >= 15 is 0 Å². The van der Waals surface area contributed by atoms with Gasteiger partial charge in [-0.25, -0.2) is 4.68 Å². The molecular formula is C34H33N7O2. The molecule has 0 aliphatic carbocycles. The van der Waals surface area contributed by atoms with Crippen LogP contribution in [0.1, 0.15) is 40.0 Å². The Morgan fingerprint density at radius 1 is 0.791 bits per heavy atom. The summed E-state index contributed by atoms with van der Waals surface area (Å²) >= 11 is 0. The number of carbonyl (C=O) groups is 2. The smallest absolute Gasteiger partial charge is 0.256 e. The van der Waals surface area contributed by atoms with Crippen LogP contribution in [-0.2, 0) is 4.79 Å². The lowest BCUT2D eigenvalue weighted by atomic mass is 9.93. The Bertz CT molecular complexity index is 1660. The van der Waals surface area contributed by atoms with Gasteiger partial charge < -0.3 is 9.80 Å². The molecule has 0 saturated carbocycles. The summed E-state index contributed by atoms with van der Waals surface area (Å²) < 4.78 is 1.82. The number of pyridine rings is 1. The van der Waals surface area contributed by atoms with Gasteiger partial charge in [-0.05, 0) is 16.5 Å². The number of nitrogens with zero attached hydrogens (tertiary/aromatic N) is 7. The number of hydrogen-bond donors (Lipinski definition) is 0. The first kappa shape index (κ1) is 27.0. The van der Waals surface area contributed by atoms with E-state index in [-0.39, 0.29) is 29.9 Å². The Labute approximate surface area is 250 Å². The highest BCUT2D eigenvalue weighted by Gasteiger charge is 2.39. The molecule has 0 radical (unpaired) electrons. The second-order valence-electron chi connectivity index (χ2n) is 11.3. The lowest BCUT2D eigenvalue weighted by Gasteiger charge is -2.47. The number of fused-ring (bicyclic) bond motifs is 1. The van der Waals surface area contributed by atoms with Gasteiger partial charge in [0.25, 0.3) is 5.91 Å². The van der Waals surface area contributed by atoms with Crippen molar-refractivity contribution in [2.75, 3.05) is 32.7 Å². The zero-order valence-corrected chi connectivity index (χ0v) is 23.8. The zero-order chi connectivity index (χ0) is 29.2. The Balaban J connectivity index is 1.18. The van der Waals surface area contributed by atoms with Crippen molar-refractivity contribution in [1.82, 2.24) is 34.7 Å². The molecule has 9 heteroatoms. The topological polar surface area (TPSA) is 87.5 Å². The maximum atomic E-state index is 14.0. The van der Waals surface area contributed by atoms with Gasteiger partial charge in [0.1, 0.15) is 0 Å². The van der Waals surface area contributed by atoms with E-state index in [1.807, 2.05) is 57.1 Å². The molecular weight excluding hydrogens is 538 g/mol. The Morgan fingerprint density at radius 3 is 2.19 bits per heavy atom. The number of hydrogen-bond acceptors (Lipinski definition) is 6. The first-order chi connectivity index (χ1) is 21.2. The normalized spacial score (nSPS) is 17.7. The van der Waals surface area contributed by atoms with E-state index in [1.54, 1.807) is 18.6 Å². The van der Waals surface area contributed by atoms with Crippen molar-refractivity contribution in [3.8, 4) is 0 Å². The number of aromatic nitrogens is 4. The van der Waals surface area contributed by atoms with E-state index in [2.05, 4.69) is 68.7 Å². The van der Waals surface area contributed by atoms with Crippen LogP contribution in [0.15, 0.2) is 110 Å². The van der Waals surface area contributed by atoms with Crippen LogP contribution in [0.5, 0.6) is 0 Å². The van der Waals surface area contributed by atoms with Crippen LogP contribution in [0.25, 0.3) is 10.8 Å². The average Bonchev–Trinajstić information content (AvgIpc) is 3.56. The van der Waals surface area contributed by atoms with Gasteiger partial charge in [-0.3, -0.25) is 19.5 Å². The summed E-state index contributed by atoms with van der Waals surface area (Å²) in [5, 5.41) is 9.84. The molecule has 216 valence electrons. The minimum absolute atomic E-state index is 0.0454. The second kappa shape index (κ2) is 11.8. The number of likely N-dealkylation sites (tertiary alicyclic amines) is 1. The SMILES string of the molecule is O=C(C[C@@H]1CN(C(=O)c2cncc3ccccc23)CCN1C(c1ccccc1)c1ccccc1)N1CC(n2ccnn2)C1. The fraction of sp³-hybridized carbons (Fsp3) is 0.265. The van der Waals surface area contributed by atoms with Crippen LogP contribution in [0.4, 0.5) is 0 Å². The third-order valence-electron chi connectivity index (χ3n) is 8.72. The van der Waals surface area contributed by atoms with Gasteiger partial charge in [-0.1, -0.05) is 90.1 Å². The molecule has 3 aromatic carbocycles. The van der Waals surface area contributed by atoms with E-state index in [9.17, 15) is 9.59 Å². The maximum absolute atomic E-state index is 14.0. The van der Waals surface area contributed by atoms with Gasteiger partial charge in [-0.2, -0.15) is 0 Å². The number of rotatable bonds is 7. The molecule has 2 amide bonds. The maximum Gasteiger partial charge on any atom is 0.256 e. The molecule has 0 unspecified atom stereocenters. The minimum atomic E-state index is -0.177. The summed E-state index contributed by atoms with van der Waals surface area (Å²) in [6.45, 7) is 2.86. The first-order valence-corrected chi connectivity index (χ1v) is 14.8. The molecule has 2 fully saturated rings. The average molecular weight is 572 g/mol. The van der Waals surface area contributed by atoms with Crippen molar-refractivity contribution in [3.05, 3.63) is 126 Å². The van der Waals surface area contributed by atoms with Crippen LogP contribution in [-0.4, -0.2) is 85.3 Å². The van der Waals surface area contributed by atoms with Gasteiger partial charge in [0.15, 0.2) is 0 Å². The predicted octanol–water partition coefficient (Wildman–Crippen LogP) is 4.22. The second-order valence-corrected chi connectivity index (χ2v) is 11.3. The molecule has 7 rings (SSSR count). The van der Waals surface area contributed by atoms with Crippen molar-refractivity contribution < 1.29 is 9.59 Å². The molecule has 9 nitrogen and oxygen atoms in total. The van der Waals surface area contributed by atoms with Crippen LogP contribution < -0.4 is 0 Å². The van der Waals surface area contributed by atoms with Crippen molar-refractivity contribution in [1.29, 1.82) is 0 Å². The van der Waals surface area contributed by atoms with Crippen molar-refractivity contribution in [2.24, 2.45) is 0 Å². The summed E-state index contributed by atoms with van der Waals surface area (Å²) in [6, 6.07) is 28.6. The van der Waals surface area contributed by atoms with Crippen LogP contribution in [0.2, 0.25) is 0 Å². The summed E-state index contributed by atoms with van der Waals surface area (Å²) in [5.74, 6) is 0.0416. The summed E-state index contributed by atoms with van der Waals surface area (Å²) in [7, 11) is 0. The van der Waals surface area contributed by atoms with Crippen LogP contribution >= 0.6 is 0 Å². The van der Waals surface area contributed by atoms with Crippen molar-refractivity contribution in [2.45, 2.75) is 24.5 Å². The van der Waals surface area contributed by atoms with Gasteiger partial charge >= 0.3 is 0 Å². The Kier molecular flexibility index (Phi) is 7.39. The molecule has 2 aromatic heterocycles. The molecule has 43 heavy (non-hydrogen) atoms. The largest absolute Gasteiger partial charge is 0.338 e. The third-order valence-corrected chi connectivity index (χ3v) is 8.72.